The molecule has 1 aromatic carbocycles. The highest BCUT2D eigenvalue weighted by Crippen LogP contribution is 2.31. The Kier molecular flexibility index (Phi) is 6.45. The van der Waals surface area contributed by atoms with Gasteiger partial charge in [0.25, 0.3) is 5.91 Å². The van der Waals surface area contributed by atoms with Gasteiger partial charge in [0.15, 0.2) is 6.61 Å². The molecule has 1 unspecified atom stereocenters. The minimum absolute atomic E-state index is 0. The fourth-order valence-electron chi connectivity index (χ4n) is 3.20. The maximum absolute atomic E-state index is 12.4. The summed E-state index contributed by atoms with van der Waals surface area (Å²) in [4.78, 5) is 28.1. The molecule has 0 bridgehead atoms. The van der Waals surface area contributed by atoms with E-state index in [1.165, 1.54) is 0 Å². The predicted octanol–water partition coefficient (Wildman–Crippen LogP) is 1.43. The number of carbonyl (C=O) groups is 2. The van der Waals surface area contributed by atoms with Gasteiger partial charge < -0.3 is 19.9 Å². The van der Waals surface area contributed by atoms with Gasteiger partial charge >= 0.3 is 0 Å². The van der Waals surface area contributed by atoms with Gasteiger partial charge in [0.1, 0.15) is 5.75 Å². The first-order valence-electron chi connectivity index (χ1n) is 8.16. The number of anilines is 1. The molecule has 7 heteroatoms. The Labute approximate surface area is 148 Å². The zero-order valence-corrected chi connectivity index (χ0v) is 14.7. The average Bonchev–Trinajstić information content (AvgIpc) is 2.60. The van der Waals surface area contributed by atoms with Crippen LogP contribution in [0.4, 0.5) is 5.69 Å². The summed E-state index contributed by atoms with van der Waals surface area (Å²) in [5.74, 6) is 0.720. The third-order valence-electron chi connectivity index (χ3n) is 4.54. The van der Waals surface area contributed by atoms with E-state index in [4.69, 9.17) is 4.74 Å². The van der Waals surface area contributed by atoms with Crippen LogP contribution in [0.25, 0.3) is 0 Å². The predicted molar refractivity (Wildman–Crippen MR) is 94.8 cm³/mol. The van der Waals surface area contributed by atoms with Gasteiger partial charge in [-0.15, -0.1) is 12.4 Å². The second kappa shape index (κ2) is 8.35. The van der Waals surface area contributed by atoms with Crippen LogP contribution in [0.3, 0.4) is 0 Å². The molecule has 1 atom stereocenters. The number of halogens is 1. The van der Waals surface area contributed by atoms with E-state index in [1.807, 2.05) is 36.2 Å². The van der Waals surface area contributed by atoms with Crippen LogP contribution in [0.5, 0.6) is 5.75 Å². The number of hydrogen-bond donors (Lipinski definition) is 1. The molecule has 1 N–H and O–H groups in total. The van der Waals surface area contributed by atoms with E-state index >= 15 is 0 Å². The number of carbonyl (C=O) groups excluding carboxylic acids is 2. The molecule has 2 aliphatic heterocycles. The molecule has 0 aromatic heterocycles. The number of nitrogens with zero attached hydrogens (tertiary/aromatic N) is 2. The number of likely N-dealkylation sites (tertiary alicyclic amines) is 1. The van der Waals surface area contributed by atoms with E-state index in [2.05, 4.69) is 5.32 Å². The summed E-state index contributed by atoms with van der Waals surface area (Å²) in [5, 5.41) is 3.24. The minimum atomic E-state index is -0.0942. The lowest BCUT2D eigenvalue weighted by atomic mass is 10.1. The summed E-state index contributed by atoms with van der Waals surface area (Å²) in [5.41, 5.74) is 0.753. The summed E-state index contributed by atoms with van der Waals surface area (Å²) in [6, 6.07) is 7.83. The SMILES string of the molecule is CNC1CCCN(C(=O)CCN2C(=O)COc3ccccc32)C1.Cl. The molecule has 0 aliphatic carbocycles. The molecule has 0 spiro atoms. The number of fused-ring (bicyclic) bond motifs is 1. The number of amides is 2. The van der Waals surface area contributed by atoms with Crippen molar-refractivity contribution in [2.45, 2.75) is 25.3 Å². The second-order valence-corrected chi connectivity index (χ2v) is 6.02. The van der Waals surface area contributed by atoms with Crippen molar-refractivity contribution in [3.05, 3.63) is 24.3 Å². The van der Waals surface area contributed by atoms with E-state index in [0.29, 0.717) is 24.8 Å². The van der Waals surface area contributed by atoms with Gasteiger partial charge in [-0.25, -0.2) is 0 Å². The highest BCUT2D eigenvalue weighted by molar-refractivity contribution is 5.98. The second-order valence-electron chi connectivity index (χ2n) is 6.02. The van der Waals surface area contributed by atoms with E-state index in [1.54, 1.807) is 4.90 Å². The molecule has 24 heavy (non-hydrogen) atoms. The van der Waals surface area contributed by atoms with Crippen LogP contribution in [-0.4, -0.2) is 56.0 Å². The maximum Gasteiger partial charge on any atom is 0.265 e. The molecule has 1 saturated heterocycles. The van der Waals surface area contributed by atoms with Crippen molar-refractivity contribution in [2.75, 3.05) is 38.2 Å². The van der Waals surface area contributed by atoms with Gasteiger partial charge in [-0.3, -0.25) is 9.59 Å². The lowest BCUT2D eigenvalue weighted by Gasteiger charge is -2.34. The van der Waals surface area contributed by atoms with Gasteiger partial charge in [-0.05, 0) is 32.0 Å². The monoisotopic (exact) mass is 353 g/mol. The summed E-state index contributed by atoms with van der Waals surface area (Å²) in [7, 11) is 1.93. The summed E-state index contributed by atoms with van der Waals surface area (Å²) in [6.45, 7) is 2.00. The van der Waals surface area contributed by atoms with Crippen molar-refractivity contribution in [3.8, 4) is 5.75 Å². The van der Waals surface area contributed by atoms with Crippen LogP contribution in [0, 0.1) is 0 Å². The number of ether oxygens (including phenoxy) is 1. The smallest absolute Gasteiger partial charge is 0.265 e. The Morgan fingerprint density at radius 2 is 2.17 bits per heavy atom. The number of para-hydroxylation sites is 2. The molecule has 2 aliphatic rings. The Hall–Kier alpha value is -1.79. The Balaban J connectivity index is 0.00000208. The van der Waals surface area contributed by atoms with Crippen LogP contribution in [0.2, 0.25) is 0 Å². The molecule has 0 saturated carbocycles. The first kappa shape index (κ1) is 18.5. The van der Waals surface area contributed by atoms with Gasteiger partial charge in [0.05, 0.1) is 5.69 Å². The van der Waals surface area contributed by atoms with Crippen molar-refractivity contribution in [3.63, 3.8) is 0 Å². The van der Waals surface area contributed by atoms with Crippen LogP contribution in [-0.2, 0) is 9.59 Å². The van der Waals surface area contributed by atoms with E-state index in [-0.39, 0.29) is 30.8 Å². The van der Waals surface area contributed by atoms with Gasteiger partial charge in [0, 0.05) is 32.1 Å². The first-order valence-corrected chi connectivity index (χ1v) is 8.16. The van der Waals surface area contributed by atoms with Gasteiger partial charge in [-0.1, -0.05) is 12.1 Å². The van der Waals surface area contributed by atoms with Crippen molar-refractivity contribution in [1.29, 1.82) is 0 Å². The van der Waals surface area contributed by atoms with E-state index in [0.717, 1.165) is 31.6 Å². The standard InChI is InChI=1S/C17H23N3O3.ClH/c1-18-13-5-4-9-19(11-13)16(21)8-10-20-14-6-2-3-7-15(14)23-12-17(20)22;/h2-3,6-7,13,18H,4-5,8-12H2,1H3;1H. The van der Waals surface area contributed by atoms with Crippen molar-refractivity contribution < 1.29 is 14.3 Å². The summed E-state index contributed by atoms with van der Waals surface area (Å²) < 4.78 is 5.42. The molecule has 6 nitrogen and oxygen atoms in total. The molecular formula is C17H24ClN3O3. The fraction of sp³-hybridized carbons (Fsp3) is 0.529. The van der Waals surface area contributed by atoms with Crippen LogP contribution >= 0.6 is 12.4 Å². The fourth-order valence-corrected chi connectivity index (χ4v) is 3.20. The Morgan fingerprint density at radius 3 is 2.96 bits per heavy atom. The molecule has 1 fully saturated rings. The van der Waals surface area contributed by atoms with E-state index in [9.17, 15) is 9.59 Å². The van der Waals surface area contributed by atoms with Crippen molar-refractivity contribution in [2.24, 2.45) is 0 Å². The lowest BCUT2D eigenvalue weighted by molar-refractivity contribution is -0.132. The van der Waals surface area contributed by atoms with Crippen molar-refractivity contribution >= 4 is 29.9 Å². The quantitative estimate of drug-likeness (QED) is 0.889. The highest BCUT2D eigenvalue weighted by atomic mass is 35.5. The zero-order chi connectivity index (χ0) is 16.2. The molecule has 2 amide bonds. The van der Waals surface area contributed by atoms with Gasteiger partial charge in [-0.2, -0.15) is 0 Å². The number of nitrogens with one attached hydrogen (secondary N) is 1. The molecular weight excluding hydrogens is 330 g/mol. The van der Waals surface area contributed by atoms with Crippen molar-refractivity contribution in [1.82, 2.24) is 10.2 Å². The number of hydrogen-bond acceptors (Lipinski definition) is 4. The van der Waals surface area contributed by atoms with Crippen LogP contribution in [0.15, 0.2) is 24.3 Å². The first-order chi connectivity index (χ1) is 11.2. The van der Waals surface area contributed by atoms with E-state index < -0.39 is 0 Å². The van der Waals surface area contributed by atoms with Gasteiger partial charge in [0.2, 0.25) is 5.91 Å². The van der Waals surface area contributed by atoms with Crippen LogP contribution in [0.1, 0.15) is 19.3 Å². The third-order valence-corrected chi connectivity index (χ3v) is 4.54. The minimum Gasteiger partial charge on any atom is -0.482 e. The lowest BCUT2D eigenvalue weighted by Crippen LogP contribution is -2.48. The summed E-state index contributed by atoms with van der Waals surface area (Å²) in [6.07, 6.45) is 2.47. The molecule has 132 valence electrons. The van der Waals surface area contributed by atoms with Crippen LogP contribution < -0.4 is 15.0 Å². The number of benzene rings is 1. The average molecular weight is 354 g/mol. The number of likely N-dealkylation sites (N-methyl/N-ethyl adjacent to an activating group) is 1. The molecule has 3 rings (SSSR count). The largest absolute Gasteiger partial charge is 0.482 e. The zero-order valence-electron chi connectivity index (χ0n) is 13.9. The molecule has 2 heterocycles. The topological polar surface area (TPSA) is 61.9 Å². The number of piperidine rings is 1. The molecule has 0 radical (unpaired) electrons. The Bertz CT molecular complexity index is 596. The third kappa shape index (κ3) is 3.99. The number of rotatable bonds is 4. The maximum atomic E-state index is 12.4. The summed E-state index contributed by atoms with van der Waals surface area (Å²) >= 11 is 0. The highest BCUT2D eigenvalue weighted by Gasteiger charge is 2.27. The Morgan fingerprint density at radius 1 is 1.38 bits per heavy atom. The molecule has 1 aromatic rings. The normalized spacial score (nSPS) is 20.0.